The molecule has 0 saturated heterocycles. The third kappa shape index (κ3) is 5.50. The minimum absolute atomic E-state index is 0.0161. The lowest BCUT2D eigenvalue weighted by molar-refractivity contribution is -0.131. The van der Waals surface area contributed by atoms with Gasteiger partial charge in [-0.2, -0.15) is 0 Å². The summed E-state index contributed by atoms with van der Waals surface area (Å²) in [5.74, 6) is -5.40. The largest absolute Gasteiger partial charge is 0.493 e. The number of hydrogen-bond donors (Lipinski definition) is 2. The molecule has 1 heterocycles. The summed E-state index contributed by atoms with van der Waals surface area (Å²) in [6, 6.07) is 18.9. The Hall–Kier alpha value is -4.53. The second-order valence-electron chi connectivity index (χ2n) is 8.29. The van der Waals surface area contributed by atoms with Crippen molar-refractivity contribution >= 4 is 34.7 Å². The fourth-order valence-corrected chi connectivity index (χ4v) is 4.14. The van der Waals surface area contributed by atoms with Crippen LogP contribution in [0.25, 0.3) is 5.57 Å². The third-order valence-electron chi connectivity index (χ3n) is 5.86. The lowest BCUT2D eigenvalue weighted by Gasteiger charge is -2.23. The molecule has 2 N–H and O–H groups in total. The van der Waals surface area contributed by atoms with E-state index in [2.05, 4.69) is 5.32 Å². The maximum atomic E-state index is 14.9. The first-order valence-electron chi connectivity index (χ1n) is 11.6. The fourth-order valence-electron chi connectivity index (χ4n) is 4.14. The smallest absolute Gasteiger partial charge is 0.328 e. The van der Waals surface area contributed by atoms with Gasteiger partial charge in [0.15, 0.2) is 0 Å². The van der Waals surface area contributed by atoms with Gasteiger partial charge in [-0.3, -0.25) is 9.59 Å². The molecule has 2 amide bonds. The van der Waals surface area contributed by atoms with Crippen molar-refractivity contribution in [3.05, 3.63) is 95.6 Å². The molecule has 0 atom stereocenters. The molecule has 0 bridgehead atoms. The molecule has 1 aliphatic rings. The first kappa shape index (κ1) is 25.6. The molecule has 3 aromatic carbocycles. The Bertz CT molecular complexity index is 1370. The fraction of sp³-hybridized carbons (Fsp3) is 0.179. The summed E-state index contributed by atoms with van der Waals surface area (Å²) in [6.45, 7) is 1.91. The number of amides is 2. The minimum Gasteiger partial charge on any atom is -0.493 e. The number of rotatable bonds is 6. The summed E-state index contributed by atoms with van der Waals surface area (Å²) in [6.07, 6.45) is -0.242. The summed E-state index contributed by atoms with van der Waals surface area (Å²) in [5, 5.41) is 11.9. The van der Waals surface area contributed by atoms with E-state index in [4.69, 9.17) is 9.84 Å². The number of carboxylic acids is 1. The molecule has 0 fully saturated rings. The molecular weight excluding hydrogens is 482 g/mol. The molecule has 9 heteroatoms. The number of hydrogen-bond acceptors (Lipinski definition) is 4. The SMILES string of the molecule is CCOc1ccccc1C(=O)Nc1ccc(C(=O)N2CCC(F)(F)C(=CC(=O)O)c3ccccc32)cc1. The number of carboxylic acid groups (broad SMARTS) is 1. The van der Waals surface area contributed by atoms with Gasteiger partial charge in [-0.15, -0.1) is 0 Å². The van der Waals surface area contributed by atoms with E-state index < -0.39 is 29.8 Å². The third-order valence-corrected chi connectivity index (χ3v) is 5.86. The minimum atomic E-state index is -3.44. The molecule has 0 unspecified atom stereocenters. The van der Waals surface area contributed by atoms with Crippen molar-refractivity contribution in [1.82, 2.24) is 0 Å². The first-order valence-corrected chi connectivity index (χ1v) is 11.6. The lowest BCUT2D eigenvalue weighted by Crippen LogP contribution is -2.33. The molecule has 4 rings (SSSR count). The number of benzene rings is 3. The molecule has 0 radical (unpaired) electrons. The van der Waals surface area contributed by atoms with Gasteiger partial charge in [0.25, 0.3) is 17.7 Å². The normalized spacial score (nSPS) is 15.4. The van der Waals surface area contributed by atoms with Gasteiger partial charge in [0.1, 0.15) is 5.75 Å². The van der Waals surface area contributed by atoms with Crippen LogP contribution >= 0.6 is 0 Å². The average molecular weight is 507 g/mol. The van der Waals surface area contributed by atoms with Crippen molar-refractivity contribution in [3.63, 3.8) is 0 Å². The van der Waals surface area contributed by atoms with Gasteiger partial charge < -0.3 is 20.1 Å². The molecule has 37 heavy (non-hydrogen) atoms. The topological polar surface area (TPSA) is 95.9 Å². The number of ether oxygens (including phenoxy) is 1. The van der Waals surface area contributed by atoms with Crippen LogP contribution in [-0.4, -0.2) is 42.0 Å². The molecule has 190 valence electrons. The van der Waals surface area contributed by atoms with Crippen LogP contribution in [0.2, 0.25) is 0 Å². The van der Waals surface area contributed by atoms with Crippen LogP contribution in [0.4, 0.5) is 20.2 Å². The van der Waals surface area contributed by atoms with E-state index in [9.17, 15) is 23.2 Å². The Morgan fingerprint density at radius 2 is 1.70 bits per heavy atom. The molecule has 0 saturated carbocycles. The highest BCUT2D eigenvalue weighted by molar-refractivity contribution is 6.09. The van der Waals surface area contributed by atoms with Crippen molar-refractivity contribution < 1.29 is 33.0 Å². The second-order valence-corrected chi connectivity index (χ2v) is 8.29. The predicted molar refractivity (Wildman–Crippen MR) is 135 cm³/mol. The Balaban J connectivity index is 1.59. The molecule has 7 nitrogen and oxygen atoms in total. The number of para-hydroxylation sites is 2. The maximum absolute atomic E-state index is 14.9. The number of nitrogens with one attached hydrogen (secondary N) is 1. The summed E-state index contributed by atoms with van der Waals surface area (Å²) in [5.41, 5.74) is 0.548. The van der Waals surface area contributed by atoms with Crippen LogP contribution < -0.4 is 15.0 Å². The predicted octanol–water partition coefficient (Wildman–Crippen LogP) is 5.49. The van der Waals surface area contributed by atoms with E-state index in [-0.39, 0.29) is 29.3 Å². The first-order chi connectivity index (χ1) is 17.7. The molecule has 0 aliphatic carbocycles. The number of aliphatic carboxylic acids is 1. The van der Waals surface area contributed by atoms with Crippen molar-refractivity contribution in [2.45, 2.75) is 19.3 Å². The maximum Gasteiger partial charge on any atom is 0.328 e. The summed E-state index contributed by atoms with van der Waals surface area (Å²) >= 11 is 0. The molecular formula is C28H24F2N2O5. The second kappa shape index (κ2) is 10.6. The molecule has 0 spiro atoms. The standard InChI is InChI=1S/C28H24F2N2O5/c1-2-37-24-10-6-4-8-21(24)26(35)31-19-13-11-18(12-14-19)27(36)32-16-15-28(29,30)22(17-25(33)34)20-7-3-5-9-23(20)32/h3-14,17H,2,15-16H2,1H3,(H,31,35)(H,33,34). The van der Waals surface area contributed by atoms with Crippen molar-refractivity contribution in [2.24, 2.45) is 0 Å². The van der Waals surface area contributed by atoms with Gasteiger partial charge in [0.2, 0.25) is 0 Å². The zero-order chi connectivity index (χ0) is 26.6. The van der Waals surface area contributed by atoms with Crippen molar-refractivity contribution in [2.75, 3.05) is 23.4 Å². The van der Waals surface area contributed by atoms with Crippen molar-refractivity contribution in [1.29, 1.82) is 0 Å². The summed E-state index contributed by atoms with van der Waals surface area (Å²) in [4.78, 5) is 38.6. The van der Waals surface area contributed by atoms with Crippen LogP contribution in [-0.2, 0) is 4.79 Å². The van der Waals surface area contributed by atoms with Crippen LogP contribution in [0, 0.1) is 0 Å². The quantitative estimate of drug-likeness (QED) is 0.431. The number of nitrogens with zero attached hydrogens (tertiary/aromatic N) is 1. The van der Waals surface area contributed by atoms with E-state index in [1.807, 2.05) is 6.92 Å². The number of carbonyl (C=O) groups excluding carboxylic acids is 2. The highest BCUT2D eigenvalue weighted by Crippen LogP contribution is 2.43. The van der Waals surface area contributed by atoms with Crippen LogP contribution in [0.3, 0.4) is 0 Å². The van der Waals surface area contributed by atoms with E-state index in [1.165, 1.54) is 35.2 Å². The van der Waals surface area contributed by atoms with E-state index >= 15 is 0 Å². The average Bonchev–Trinajstić information content (AvgIpc) is 2.98. The Labute approximate surface area is 212 Å². The van der Waals surface area contributed by atoms with E-state index in [0.29, 0.717) is 29.7 Å². The summed E-state index contributed by atoms with van der Waals surface area (Å²) < 4.78 is 35.3. The Morgan fingerprint density at radius 3 is 2.41 bits per heavy atom. The van der Waals surface area contributed by atoms with E-state index in [1.54, 1.807) is 42.5 Å². The monoisotopic (exact) mass is 506 g/mol. The number of anilines is 2. The van der Waals surface area contributed by atoms with Gasteiger partial charge in [-0.25, -0.2) is 13.6 Å². The van der Waals surface area contributed by atoms with Gasteiger partial charge in [0, 0.05) is 41.4 Å². The van der Waals surface area contributed by atoms with Gasteiger partial charge in [-0.1, -0.05) is 30.3 Å². The van der Waals surface area contributed by atoms with Crippen molar-refractivity contribution in [3.8, 4) is 5.75 Å². The number of halogens is 2. The number of alkyl halides is 2. The molecule has 3 aromatic rings. The zero-order valence-corrected chi connectivity index (χ0v) is 19.9. The molecule has 1 aliphatic heterocycles. The highest BCUT2D eigenvalue weighted by atomic mass is 19.3. The van der Waals surface area contributed by atoms with Crippen LogP contribution in [0.1, 0.15) is 39.6 Å². The zero-order valence-electron chi connectivity index (χ0n) is 19.9. The Kier molecular flexibility index (Phi) is 7.33. The van der Waals surface area contributed by atoms with Gasteiger partial charge in [-0.05, 0) is 49.4 Å². The van der Waals surface area contributed by atoms with E-state index in [0.717, 1.165) is 0 Å². The van der Waals surface area contributed by atoms with Gasteiger partial charge in [0.05, 0.1) is 17.9 Å². The van der Waals surface area contributed by atoms with Gasteiger partial charge >= 0.3 is 5.97 Å². The number of allylic oxidation sites excluding steroid dienone is 1. The van der Waals surface area contributed by atoms with Crippen LogP contribution in [0.5, 0.6) is 5.75 Å². The number of fused-ring (bicyclic) bond motifs is 1. The Morgan fingerprint density at radius 1 is 1.03 bits per heavy atom. The summed E-state index contributed by atoms with van der Waals surface area (Å²) in [7, 11) is 0. The molecule has 0 aromatic heterocycles. The highest BCUT2D eigenvalue weighted by Gasteiger charge is 2.41. The lowest BCUT2D eigenvalue weighted by atomic mass is 9.97. The number of carbonyl (C=O) groups is 3. The van der Waals surface area contributed by atoms with Crippen LogP contribution in [0.15, 0.2) is 78.9 Å².